The van der Waals surface area contributed by atoms with Crippen molar-refractivity contribution in [3.63, 3.8) is 0 Å². The normalized spacial score (nSPS) is 12.7. The van der Waals surface area contributed by atoms with E-state index in [9.17, 15) is 35.1 Å². The van der Waals surface area contributed by atoms with E-state index in [1.807, 2.05) is 0 Å². The molecule has 0 radical (unpaired) electrons. The summed E-state index contributed by atoms with van der Waals surface area (Å²) in [5.74, 6) is -1.60. The first-order chi connectivity index (χ1) is 11.8. The Labute approximate surface area is 138 Å². The van der Waals surface area contributed by atoms with Gasteiger partial charge in [0.25, 0.3) is 23.2 Å². The molecule has 10 nitrogen and oxygen atoms in total. The van der Waals surface area contributed by atoms with E-state index in [1.165, 1.54) is 0 Å². The van der Waals surface area contributed by atoms with Crippen molar-refractivity contribution in [2.24, 2.45) is 0 Å². The maximum absolute atomic E-state index is 12.5. The molecular weight excluding hydrogens is 332 g/mol. The number of non-ortho nitro benzene ring substituents is 2. The van der Waals surface area contributed by atoms with Crippen LogP contribution in [0.1, 0.15) is 26.3 Å². The highest BCUT2D eigenvalue weighted by atomic mass is 16.6. The smallest absolute Gasteiger partial charge is 0.268 e. The molecule has 25 heavy (non-hydrogen) atoms. The van der Waals surface area contributed by atoms with Crippen LogP contribution in [0, 0.1) is 31.6 Å². The van der Waals surface area contributed by atoms with E-state index in [0.29, 0.717) is 4.90 Å². The van der Waals surface area contributed by atoms with Crippen LogP contribution in [0.15, 0.2) is 36.4 Å². The molecular formula is C15H6N4O6. The first-order valence-corrected chi connectivity index (χ1v) is 6.71. The van der Waals surface area contributed by atoms with Crippen molar-refractivity contribution >= 4 is 28.9 Å². The predicted molar refractivity (Wildman–Crippen MR) is 82.0 cm³/mol. The summed E-state index contributed by atoms with van der Waals surface area (Å²) < 4.78 is 0. The molecule has 0 fully saturated rings. The number of hydrogen-bond donors (Lipinski definition) is 0. The molecule has 10 heteroatoms. The van der Waals surface area contributed by atoms with Gasteiger partial charge in [-0.2, -0.15) is 5.26 Å². The molecule has 2 aromatic carbocycles. The van der Waals surface area contributed by atoms with Crippen LogP contribution >= 0.6 is 0 Å². The van der Waals surface area contributed by atoms with Gasteiger partial charge in [-0.15, -0.1) is 0 Å². The summed E-state index contributed by atoms with van der Waals surface area (Å²) in [5, 5.41) is 30.8. The molecule has 1 aliphatic rings. The largest absolute Gasteiger partial charge is 0.270 e. The minimum Gasteiger partial charge on any atom is -0.268 e. The van der Waals surface area contributed by atoms with Gasteiger partial charge >= 0.3 is 0 Å². The van der Waals surface area contributed by atoms with Gasteiger partial charge in [0.15, 0.2) is 0 Å². The number of nitriles is 1. The molecule has 122 valence electrons. The number of rotatable bonds is 3. The van der Waals surface area contributed by atoms with Crippen LogP contribution in [0.25, 0.3) is 0 Å². The fourth-order valence-electron chi connectivity index (χ4n) is 2.48. The van der Waals surface area contributed by atoms with Crippen LogP contribution in [-0.2, 0) is 0 Å². The average Bonchev–Trinajstić information content (AvgIpc) is 2.84. The van der Waals surface area contributed by atoms with Gasteiger partial charge in [-0.3, -0.25) is 29.8 Å². The molecule has 0 unspecified atom stereocenters. The van der Waals surface area contributed by atoms with Crippen LogP contribution in [0.5, 0.6) is 0 Å². The van der Waals surface area contributed by atoms with Crippen molar-refractivity contribution < 1.29 is 19.4 Å². The van der Waals surface area contributed by atoms with E-state index >= 15 is 0 Å². The number of amides is 2. The molecule has 2 aromatic rings. The fourth-order valence-corrected chi connectivity index (χ4v) is 2.48. The second-order valence-corrected chi connectivity index (χ2v) is 5.00. The number of benzene rings is 2. The van der Waals surface area contributed by atoms with Gasteiger partial charge in [-0.05, 0) is 12.1 Å². The summed E-state index contributed by atoms with van der Waals surface area (Å²) in [6, 6.07) is 8.06. The summed E-state index contributed by atoms with van der Waals surface area (Å²) in [6.45, 7) is 0. The molecule has 3 rings (SSSR count). The molecule has 0 atom stereocenters. The molecule has 0 spiro atoms. The molecule has 1 aliphatic heterocycles. The Hall–Kier alpha value is -4.13. The highest BCUT2D eigenvalue weighted by molar-refractivity contribution is 6.35. The molecule has 2 amide bonds. The fraction of sp³-hybridized carbons (Fsp3) is 0. The summed E-state index contributed by atoms with van der Waals surface area (Å²) in [6.07, 6.45) is 0. The first-order valence-electron chi connectivity index (χ1n) is 6.71. The number of nitro groups is 2. The van der Waals surface area contributed by atoms with Gasteiger partial charge < -0.3 is 0 Å². The Morgan fingerprint density at radius 3 is 2.04 bits per heavy atom. The number of nitrogens with zero attached hydrogens (tertiary/aromatic N) is 4. The van der Waals surface area contributed by atoms with Crippen molar-refractivity contribution in [1.82, 2.24) is 0 Å². The quantitative estimate of drug-likeness (QED) is 0.473. The first kappa shape index (κ1) is 15.8. The van der Waals surface area contributed by atoms with E-state index in [4.69, 9.17) is 0 Å². The Morgan fingerprint density at radius 2 is 1.44 bits per heavy atom. The Bertz CT molecular complexity index is 1020. The Kier molecular flexibility index (Phi) is 3.47. The summed E-state index contributed by atoms with van der Waals surface area (Å²) in [4.78, 5) is 45.9. The molecule has 0 aliphatic carbocycles. The Balaban J connectivity index is 2.13. The lowest BCUT2D eigenvalue weighted by Crippen LogP contribution is -2.30. The zero-order valence-corrected chi connectivity index (χ0v) is 12.2. The van der Waals surface area contributed by atoms with E-state index in [0.717, 1.165) is 36.4 Å². The lowest BCUT2D eigenvalue weighted by molar-refractivity contribution is -0.385. The van der Waals surface area contributed by atoms with Crippen LogP contribution in [0.4, 0.5) is 17.1 Å². The minimum atomic E-state index is -0.839. The van der Waals surface area contributed by atoms with Crippen molar-refractivity contribution in [2.75, 3.05) is 4.90 Å². The van der Waals surface area contributed by atoms with Crippen LogP contribution in [0.2, 0.25) is 0 Å². The number of imide groups is 1. The second kappa shape index (κ2) is 5.50. The van der Waals surface area contributed by atoms with E-state index in [2.05, 4.69) is 0 Å². The van der Waals surface area contributed by atoms with Crippen molar-refractivity contribution in [2.45, 2.75) is 0 Å². The highest BCUT2D eigenvalue weighted by Crippen LogP contribution is 2.33. The topological polar surface area (TPSA) is 147 Å². The average molecular weight is 338 g/mol. The van der Waals surface area contributed by atoms with Crippen molar-refractivity contribution in [3.8, 4) is 6.07 Å². The SMILES string of the molecule is N#Cc1cc([N+](=O)[O-])ccc1N1C(=O)c2ccc([N+](=O)[O-])cc2C1=O. The van der Waals surface area contributed by atoms with Crippen LogP contribution in [0.3, 0.4) is 0 Å². The summed E-state index contributed by atoms with van der Waals surface area (Å²) >= 11 is 0. The zero-order chi connectivity index (χ0) is 18.3. The number of carbonyl (C=O) groups is 2. The number of carbonyl (C=O) groups excluding carboxylic acids is 2. The monoisotopic (exact) mass is 338 g/mol. The van der Waals surface area contributed by atoms with Gasteiger partial charge in [-0.25, -0.2) is 4.90 Å². The highest BCUT2D eigenvalue weighted by Gasteiger charge is 2.39. The van der Waals surface area contributed by atoms with Crippen molar-refractivity contribution in [3.05, 3.63) is 73.3 Å². The molecule has 0 bridgehead atoms. The van der Waals surface area contributed by atoms with Gasteiger partial charge in [-0.1, -0.05) is 0 Å². The van der Waals surface area contributed by atoms with Crippen molar-refractivity contribution in [1.29, 1.82) is 5.26 Å². The molecule has 0 aromatic heterocycles. The zero-order valence-electron chi connectivity index (χ0n) is 12.2. The van der Waals surface area contributed by atoms with Crippen LogP contribution < -0.4 is 4.90 Å². The third kappa shape index (κ3) is 2.36. The standard InChI is InChI=1S/C15H6N4O6/c16-7-8-5-9(18(22)23)2-4-13(8)17-14(20)11-3-1-10(19(24)25)6-12(11)15(17)21/h1-6H. The lowest BCUT2D eigenvalue weighted by Gasteiger charge is -2.15. The number of hydrogen-bond acceptors (Lipinski definition) is 7. The number of fused-ring (bicyclic) bond motifs is 1. The van der Waals surface area contributed by atoms with Gasteiger partial charge in [0.05, 0.1) is 32.2 Å². The van der Waals surface area contributed by atoms with E-state index in [-0.39, 0.29) is 33.8 Å². The van der Waals surface area contributed by atoms with Gasteiger partial charge in [0.2, 0.25) is 0 Å². The van der Waals surface area contributed by atoms with Gasteiger partial charge in [0, 0.05) is 24.3 Å². The second-order valence-electron chi connectivity index (χ2n) is 5.00. The van der Waals surface area contributed by atoms with E-state index in [1.54, 1.807) is 6.07 Å². The lowest BCUT2D eigenvalue weighted by atomic mass is 10.1. The molecule has 0 N–H and O–H groups in total. The predicted octanol–water partition coefficient (Wildman–Crippen LogP) is 2.18. The summed E-state index contributed by atoms with van der Waals surface area (Å²) in [5.41, 5.74) is -1.29. The maximum Gasteiger partial charge on any atom is 0.270 e. The third-order valence-corrected chi connectivity index (χ3v) is 3.63. The molecule has 0 saturated carbocycles. The molecule has 1 heterocycles. The summed E-state index contributed by atoms with van der Waals surface area (Å²) in [7, 11) is 0. The van der Waals surface area contributed by atoms with E-state index < -0.39 is 21.7 Å². The van der Waals surface area contributed by atoms with Gasteiger partial charge in [0.1, 0.15) is 6.07 Å². The minimum absolute atomic E-state index is 0.0437. The maximum atomic E-state index is 12.5. The molecule has 0 saturated heterocycles. The third-order valence-electron chi connectivity index (χ3n) is 3.63. The van der Waals surface area contributed by atoms with Crippen LogP contribution in [-0.4, -0.2) is 21.7 Å². The Morgan fingerprint density at radius 1 is 0.880 bits per heavy atom. The number of nitro benzene ring substituents is 2. The number of anilines is 1.